The minimum absolute atomic E-state index is 0. The zero-order valence-electron chi connectivity index (χ0n) is 11.6. The third-order valence-electron chi connectivity index (χ3n) is 3.00. The molecule has 0 spiro atoms. The smallest absolute Gasteiger partial charge is 0.348 e. The highest BCUT2D eigenvalue weighted by Gasteiger charge is 2.42. The number of carbonyl (C=O) groups is 1. The van der Waals surface area contributed by atoms with Gasteiger partial charge in [-0.15, -0.1) is 24.8 Å². The Hall–Kier alpha value is -1.13. The van der Waals surface area contributed by atoms with Crippen LogP contribution in [0.4, 0.5) is 22.0 Å². The molecule has 23 heavy (non-hydrogen) atoms. The van der Waals surface area contributed by atoms with Gasteiger partial charge in [-0.3, -0.25) is 10.1 Å². The molecule has 2 heterocycles. The highest BCUT2D eigenvalue weighted by atomic mass is 35.5. The van der Waals surface area contributed by atoms with Crippen LogP contribution in [0.25, 0.3) is 0 Å². The molecule has 12 heteroatoms. The fourth-order valence-electron chi connectivity index (χ4n) is 2.03. The number of nitrogens with zero attached hydrogens (tertiary/aromatic N) is 2. The summed E-state index contributed by atoms with van der Waals surface area (Å²) in [6.45, 7) is -2.07. The Bertz CT molecular complexity index is 523. The number of halogens is 7. The molecular weight excluding hydrogens is 370 g/mol. The van der Waals surface area contributed by atoms with Crippen molar-refractivity contribution in [2.24, 2.45) is 0 Å². The number of rotatable bonds is 4. The van der Waals surface area contributed by atoms with E-state index in [1.165, 1.54) is 6.20 Å². The fraction of sp³-hybridized carbons (Fsp3) is 0.636. The highest BCUT2D eigenvalue weighted by molar-refractivity contribution is 5.85. The molecule has 1 fully saturated rings. The first-order chi connectivity index (χ1) is 9.66. The van der Waals surface area contributed by atoms with Crippen LogP contribution in [0.15, 0.2) is 12.4 Å². The number of alkyl halides is 5. The first-order valence-electron chi connectivity index (χ1n) is 6.12. The van der Waals surface area contributed by atoms with Gasteiger partial charge < -0.3 is 9.88 Å². The number of nitrogens with one attached hydrogen (secondary N) is 2. The van der Waals surface area contributed by atoms with E-state index in [0.717, 1.165) is 10.8 Å². The molecule has 1 amide bonds. The molecule has 1 saturated heterocycles. The highest BCUT2D eigenvalue weighted by Crippen LogP contribution is 2.25. The lowest BCUT2D eigenvalue weighted by atomic mass is 10.2. The molecule has 5 nitrogen and oxygen atoms in total. The van der Waals surface area contributed by atoms with Gasteiger partial charge >= 0.3 is 6.18 Å². The van der Waals surface area contributed by atoms with Crippen molar-refractivity contribution >= 4 is 30.7 Å². The van der Waals surface area contributed by atoms with Gasteiger partial charge in [0.2, 0.25) is 5.91 Å². The van der Waals surface area contributed by atoms with Gasteiger partial charge in [-0.2, -0.15) is 13.2 Å². The van der Waals surface area contributed by atoms with Crippen molar-refractivity contribution in [2.45, 2.75) is 37.7 Å². The molecule has 0 radical (unpaired) electrons. The van der Waals surface area contributed by atoms with Crippen LogP contribution in [0.2, 0.25) is 0 Å². The van der Waals surface area contributed by atoms with Crippen LogP contribution < -0.4 is 10.6 Å². The Morgan fingerprint density at radius 3 is 2.61 bits per heavy atom. The van der Waals surface area contributed by atoms with E-state index >= 15 is 0 Å². The molecule has 1 atom stereocenters. The van der Waals surface area contributed by atoms with Crippen LogP contribution in [0.5, 0.6) is 0 Å². The summed E-state index contributed by atoms with van der Waals surface area (Å²) in [4.78, 5) is 15.4. The number of hydrogen-bond donors (Lipinski definition) is 2. The summed E-state index contributed by atoms with van der Waals surface area (Å²) in [6, 6.07) is -1.05. The SMILES string of the molecule is Cl.Cl.O=C(NCc1nccn1CC(F)(F)F)C1CC(F)(F)CN1. The summed E-state index contributed by atoms with van der Waals surface area (Å²) in [5.74, 6) is -3.63. The van der Waals surface area contributed by atoms with Gasteiger partial charge in [-0.25, -0.2) is 13.8 Å². The lowest BCUT2D eigenvalue weighted by Gasteiger charge is -2.13. The number of amides is 1. The Labute approximate surface area is 140 Å². The second kappa shape index (κ2) is 8.11. The zero-order chi connectivity index (χ0) is 15.7. The van der Waals surface area contributed by atoms with Crippen molar-refractivity contribution in [3.8, 4) is 0 Å². The maximum Gasteiger partial charge on any atom is 0.406 e. The van der Waals surface area contributed by atoms with E-state index in [4.69, 9.17) is 0 Å². The van der Waals surface area contributed by atoms with Gasteiger partial charge in [0.05, 0.1) is 19.1 Å². The lowest BCUT2D eigenvalue weighted by Crippen LogP contribution is -2.40. The van der Waals surface area contributed by atoms with E-state index in [2.05, 4.69) is 15.6 Å². The molecule has 2 rings (SSSR count). The quantitative estimate of drug-likeness (QED) is 0.779. The average molecular weight is 385 g/mol. The Morgan fingerprint density at radius 1 is 1.43 bits per heavy atom. The number of hydrogen-bond acceptors (Lipinski definition) is 3. The van der Waals surface area contributed by atoms with E-state index in [-0.39, 0.29) is 37.2 Å². The molecular formula is C11H15Cl2F5N4O. The van der Waals surface area contributed by atoms with E-state index in [1.54, 1.807) is 0 Å². The van der Waals surface area contributed by atoms with Gasteiger partial charge in [0.1, 0.15) is 12.4 Å². The first-order valence-corrected chi connectivity index (χ1v) is 6.12. The van der Waals surface area contributed by atoms with Gasteiger partial charge in [-0.1, -0.05) is 0 Å². The molecule has 134 valence electrons. The van der Waals surface area contributed by atoms with Gasteiger partial charge in [0.25, 0.3) is 5.92 Å². The van der Waals surface area contributed by atoms with Crippen molar-refractivity contribution < 1.29 is 26.7 Å². The number of aromatic nitrogens is 2. The predicted molar refractivity (Wildman–Crippen MR) is 76.0 cm³/mol. The summed E-state index contributed by atoms with van der Waals surface area (Å²) in [5.41, 5.74) is 0. The molecule has 1 aliphatic heterocycles. The zero-order valence-corrected chi connectivity index (χ0v) is 13.2. The van der Waals surface area contributed by atoms with E-state index < -0.39 is 43.6 Å². The van der Waals surface area contributed by atoms with Crippen LogP contribution >= 0.6 is 24.8 Å². The Kier molecular flexibility index (Phi) is 7.71. The molecule has 1 aromatic heterocycles. The van der Waals surface area contributed by atoms with E-state index in [1.807, 2.05) is 0 Å². The lowest BCUT2D eigenvalue weighted by molar-refractivity contribution is -0.141. The minimum atomic E-state index is -4.41. The second-order valence-corrected chi connectivity index (χ2v) is 4.80. The Morgan fingerprint density at radius 2 is 2.09 bits per heavy atom. The predicted octanol–water partition coefficient (Wildman–Crippen LogP) is 1.90. The molecule has 1 unspecified atom stereocenters. The van der Waals surface area contributed by atoms with E-state index in [0.29, 0.717) is 0 Å². The van der Waals surface area contributed by atoms with Crippen LogP contribution in [0.1, 0.15) is 12.2 Å². The third kappa shape index (κ3) is 6.48. The molecule has 0 aliphatic carbocycles. The minimum Gasteiger partial charge on any atom is -0.348 e. The molecule has 0 saturated carbocycles. The normalized spacial score (nSPS) is 19.6. The summed E-state index contributed by atoms with van der Waals surface area (Å²) in [6.07, 6.45) is -2.73. The van der Waals surface area contributed by atoms with Crippen LogP contribution in [0.3, 0.4) is 0 Å². The number of imidazole rings is 1. The van der Waals surface area contributed by atoms with Crippen molar-refractivity contribution in [3.63, 3.8) is 0 Å². The maximum absolute atomic E-state index is 12.9. The maximum atomic E-state index is 12.9. The molecule has 0 bridgehead atoms. The average Bonchev–Trinajstić information content (AvgIpc) is 2.90. The van der Waals surface area contributed by atoms with Gasteiger partial charge in [0, 0.05) is 18.8 Å². The summed E-state index contributed by atoms with van der Waals surface area (Å²) >= 11 is 0. The standard InChI is InChI=1S/C11H13F5N4O.2ClH/c12-10(13)3-7(19-5-10)9(21)18-4-8-17-1-2-20(8)6-11(14,15)16;;/h1-2,7,19H,3-6H2,(H,18,21);2*1H. The first kappa shape index (κ1) is 21.9. The number of carbonyl (C=O) groups excluding carboxylic acids is 1. The fourth-order valence-corrected chi connectivity index (χ4v) is 2.03. The van der Waals surface area contributed by atoms with Crippen LogP contribution in [-0.4, -0.2) is 40.1 Å². The largest absolute Gasteiger partial charge is 0.406 e. The Balaban J connectivity index is 0.00000242. The summed E-state index contributed by atoms with van der Waals surface area (Å²) in [5, 5.41) is 4.67. The van der Waals surface area contributed by atoms with E-state index in [9.17, 15) is 26.7 Å². The van der Waals surface area contributed by atoms with Crippen LogP contribution in [-0.2, 0) is 17.9 Å². The molecule has 0 aromatic carbocycles. The van der Waals surface area contributed by atoms with Gasteiger partial charge in [0.15, 0.2) is 0 Å². The van der Waals surface area contributed by atoms with Crippen molar-refractivity contribution in [3.05, 3.63) is 18.2 Å². The third-order valence-corrected chi connectivity index (χ3v) is 3.00. The molecule has 1 aromatic rings. The topological polar surface area (TPSA) is 59.0 Å². The molecule has 1 aliphatic rings. The summed E-state index contributed by atoms with van der Waals surface area (Å²) < 4.78 is 63.6. The van der Waals surface area contributed by atoms with Crippen molar-refractivity contribution in [2.75, 3.05) is 6.54 Å². The monoisotopic (exact) mass is 384 g/mol. The van der Waals surface area contributed by atoms with Crippen LogP contribution in [0, 0.1) is 0 Å². The van der Waals surface area contributed by atoms with Gasteiger partial charge in [-0.05, 0) is 0 Å². The van der Waals surface area contributed by atoms with Crippen molar-refractivity contribution in [1.29, 1.82) is 0 Å². The second-order valence-electron chi connectivity index (χ2n) is 4.80. The van der Waals surface area contributed by atoms with Crippen molar-refractivity contribution in [1.82, 2.24) is 20.2 Å². The molecule has 2 N–H and O–H groups in total. The summed E-state index contributed by atoms with van der Waals surface area (Å²) in [7, 11) is 0.